The Kier molecular flexibility index (Phi) is 9.58. The van der Waals surface area contributed by atoms with Crippen LogP contribution in [0.15, 0.2) is 59.5 Å². The highest BCUT2D eigenvalue weighted by Gasteiger charge is 2.24. The third-order valence-corrected chi connectivity index (χ3v) is 7.81. The highest BCUT2D eigenvalue weighted by atomic mass is 32.2. The van der Waals surface area contributed by atoms with E-state index in [1.165, 1.54) is 21.3 Å². The van der Waals surface area contributed by atoms with E-state index in [4.69, 9.17) is 13.8 Å². The first-order valence-electron chi connectivity index (χ1n) is 9.43. The van der Waals surface area contributed by atoms with E-state index in [1.54, 1.807) is 48.5 Å². The predicted molar refractivity (Wildman–Crippen MR) is 117 cm³/mol. The lowest BCUT2D eigenvalue weighted by atomic mass is 10.1. The fourth-order valence-corrected chi connectivity index (χ4v) is 4.95. The number of hydrogen-bond acceptors (Lipinski definition) is 7. The summed E-state index contributed by atoms with van der Waals surface area (Å²) in [4.78, 5) is 25.4. The van der Waals surface area contributed by atoms with Crippen LogP contribution in [0.4, 0.5) is 0 Å². The van der Waals surface area contributed by atoms with Gasteiger partial charge < -0.3 is 19.1 Å². The number of carbonyl (C=O) groups excluding carboxylic acids is 2. The van der Waals surface area contributed by atoms with E-state index < -0.39 is 36.3 Å². The molecule has 0 fully saturated rings. The lowest BCUT2D eigenvalue weighted by Gasteiger charge is -2.17. The molecule has 0 aliphatic rings. The Morgan fingerprint density at radius 3 is 2.16 bits per heavy atom. The molecule has 0 radical (unpaired) electrons. The summed E-state index contributed by atoms with van der Waals surface area (Å²) in [5, 5.41) is 2.63. The van der Waals surface area contributed by atoms with Crippen molar-refractivity contribution in [1.82, 2.24) is 5.32 Å². The molecular formula is C21H26NO7PS. The summed E-state index contributed by atoms with van der Waals surface area (Å²) in [6.45, 7) is 0. The van der Waals surface area contributed by atoms with Crippen LogP contribution in [0.1, 0.15) is 22.3 Å². The SMILES string of the molecule is COC(=O)[C@@H](CC[S@@](=O)c1ccccc1)NC(=O)c1ccc(CP(=O)(OC)OC)cc1. The van der Waals surface area contributed by atoms with Crippen LogP contribution in [-0.4, -0.2) is 49.2 Å². The third-order valence-electron chi connectivity index (χ3n) is 4.54. The van der Waals surface area contributed by atoms with Crippen molar-refractivity contribution in [2.75, 3.05) is 27.1 Å². The lowest BCUT2D eigenvalue weighted by molar-refractivity contribution is -0.142. The molecule has 0 spiro atoms. The largest absolute Gasteiger partial charge is 0.467 e. The van der Waals surface area contributed by atoms with E-state index in [0.29, 0.717) is 16.0 Å². The Balaban J connectivity index is 2.02. The van der Waals surface area contributed by atoms with Gasteiger partial charge in [-0.1, -0.05) is 30.3 Å². The van der Waals surface area contributed by atoms with Crippen molar-refractivity contribution in [3.63, 3.8) is 0 Å². The molecule has 0 heterocycles. The summed E-state index contributed by atoms with van der Waals surface area (Å²) < 4.78 is 39.2. The van der Waals surface area contributed by atoms with Gasteiger partial charge in [-0.25, -0.2) is 4.79 Å². The number of benzene rings is 2. The highest BCUT2D eigenvalue weighted by Crippen LogP contribution is 2.49. The Hall–Kier alpha value is -2.32. The van der Waals surface area contributed by atoms with Crippen LogP contribution in [0, 0.1) is 0 Å². The van der Waals surface area contributed by atoms with Gasteiger partial charge in [0, 0.05) is 30.4 Å². The van der Waals surface area contributed by atoms with Gasteiger partial charge >= 0.3 is 13.6 Å². The number of carbonyl (C=O) groups is 2. The summed E-state index contributed by atoms with van der Waals surface area (Å²) in [5.41, 5.74) is 0.984. The maximum absolute atomic E-state index is 12.6. The summed E-state index contributed by atoms with van der Waals surface area (Å²) >= 11 is 0. The van der Waals surface area contributed by atoms with Gasteiger partial charge in [0.15, 0.2) is 0 Å². The number of esters is 1. The number of amides is 1. The van der Waals surface area contributed by atoms with E-state index in [2.05, 4.69) is 5.32 Å². The van der Waals surface area contributed by atoms with Gasteiger partial charge in [0.05, 0.1) is 24.1 Å². The van der Waals surface area contributed by atoms with E-state index in [9.17, 15) is 18.4 Å². The van der Waals surface area contributed by atoms with E-state index >= 15 is 0 Å². The molecule has 10 heteroatoms. The minimum Gasteiger partial charge on any atom is -0.467 e. The molecule has 0 unspecified atom stereocenters. The maximum atomic E-state index is 12.6. The van der Waals surface area contributed by atoms with Crippen LogP contribution >= 0.6 is 7.60 Å². The van der Waals surface area contributed by atoms with Crippen molar-refractivity contribution in [2.45, 2.75) is 23.5 Å². The number of ether oxygens (including phenoxy) is 1. The Labute approximate surface area is 184 Å². The first-order valence-corrected chi connectivity index (χ1v) is 12.5. The average Bonchev–Trinajstić information content (AvgIpc) is 2.81. The molecule has 0 bridgehead atoms. The van der Waals surface area contributed by atoms with Crippen molar-refractivity contribution >= 4 is 30.3 Å². The summed E-state index contributed by atoms with van der Waals surface area (Å²) in [5.74, 6) is -0.906. The molecule has 2 aromatic rings. The fourth-order valence-electron chi connectivity index (χ4n) is 2.74. The molecule has 0 aliphatic heterocycles. The third kappa shape index (κ3) is 7.40. The van der Waals surface area contributed by atoms with Crippen molar-refractivity contribution in [1.29, 1.82) is 0 Å². The summed E-state index contributed by atoms with van der Waals surface area (Å²) in [7, 11) is -0.673. The van der Waals surface area contributed by atoms with Gasteiger partial charge in [-0.15, -0.1) is 0 Å². The van der Waals surface area contributed by atoms with Crippen LogP contribution in [0.2, 0.25) is 0 Å². The van der Waals surface area contributed by atoms with Crippen molar-refractivity contribution < 1.29 is 32.1 Å². The van der Waals surface area contributed by atoms with E-state index in [0.717, 1.165) is 0 Å². The molecule has 2 rings (SSSR count). The molecule has 1 N–H and O–H groups in total. The average molecular weight is 467 g/mol. The Bertz CT molecular complexity index is 942. The Morgan fingerprint density at radius 1 is 1.00 bits per heavy atom. The normalized spacial score (nSPS) is 13.3. The minimum absolute atomic E-state index is 0.0674. The number of nitrogens with one attached hydrogen (secondary N) is 1. The van der Waals surface area contributed by atoms with Gasteiger partial charge in [0.1, 0.15) is 6.04 Å². The summed E-state index contributed by atoms with van der Waals surface area (Å²) in [6.07, 6.45) is 0.223. The van der Waals surface area contributed by atoms with Gasteiger partial charge in [-0.05, 0) is 36.2 Å². The first kappa shape index (κ1) is 24.9. The molecular weight excluding hydrogens is 441 g/mol. The van der Waals surface area contributed by atoms with Crippen LogP contribution in [0.25, 0.3) is 0 Å². The molecule has 168 valence electrons. The predicted octanol–water partition coefficient (Wildman–Crippen LogP) is 3.14. The first-order chi connectivity index (χ1) is 14.8. The standard InChI is InChI=1S/C21H26NO7PS/c1-27-21(24)19(13-14-31(26)18-7-5-4-6-8-18)22-20(23)17-11-9-16(10-12-17)15-30(25,28-2)29-3/h4-12,19H,13-15H2,1-3H3,(H,22,23)/t19-,31-/m1/s1. The van der Waals surface area contributed by atoms with Gasteiger partial charge in [-0.3, -0.25) is 13.6 Å². The van der Waals surface area contributed by atoms with Crippen molar-refractivity contribution in [3.05, 3.63) is 65.7 Å². The quantitative estimate of drug-likeness (QED) is 0.400. The maximum Gasteiger partial charge on any atom is 0.334 e. The van der Waals surface area contributed by atoms with Crippen LogP contribution in [-0.2, 0) is 40.1 Å². The zero-order valence-electron chi connectivity index (χ0n) is 17.6. The minimum atomic E-state index is -3.22. The molecule has 0 saturated heterocycles. The van der Waals surface area contributed by atoms with Gasteiger partial charge in [0.2, 0.25) is 0 Å². The zero-order chi connectivity index (χ0) is 22.9. The fraction of sp³-hybridized carbons (Fsp3) is 0.333. The molecule has 2 aromatic carbocycles. The highest BCUT2D eigenvalue weighted by molar-refractivity contribution is 7.85. The number of hydrogen-bond donors (Lipinski definition) is 1. The molecule has 2 atom stereocenters. The molecule has 0 saturated carbocycles. The second-order valence-electron chi connectivity index (χ2n) is 6.53. The second kappa shape index (κ2) is 11.9. The second-order valence-corrected chi connectivity index (χ2v) is 10.4. The van der Waals surface area contributed by atoms with Gasteiger partial charge in [0.25, 0.3) is 5.91 Å². The number of methoxy groups -OCH3 is 1. The van der Waals surface area contributed by atoms with Gasteiger partial charge in [-0.2, -0.15) is 0 Å². The van der Waals surface area contributed by atoms with Crippen LogP contribution in [0.3, 0.4) is 0 Å². The zero-order valence-corrected chi connectivity index (χ0v) is 19.3. The lowest BCUT2D eigenvalue weighted by Crippen LogP contribution is -2.42. The molecule has 8 nitrogen and oxygen atoms in total. The molecule has 0 aromatic heterocycles. The topological polar surface area (TPSA) is 108 Å². The van der Waals surface area contributed by atoms with Crippen molar-refractivity contribution in [3.8, 4) is 0 Å². The molecule has 1 amide bonds. The van der Waals surface area contributed by atoms with E-state index in [-0.39, 0.29) is 18.3 Å². The van der Waals surface area contributed by atoms with Crippen molar-refractivity contribution in [2.24, 2.45) is 0 Å². The van der Waals surface area contributed by atoms with Crippen LogP contribution < -0.4 is 5.32 Å². The van der Waals surface area contributed by atoms with E-state index in [1.807, 2.05) is 6.07 Å². The monoisotopic (exact) mass is 467 g/mol. The smallest absolute Gasteiger partial charge is 0.334 e. The number of rotatable bonds is 11. The molecule has 31 heavy (non-hydrogen) atoms. The Morgan fingerprint density at radius 2 is 1.61 bits per heavy atom. The summed E-state index contributed by atoms with van der Waals surface area (Å²) in [6, 6.07) is 14.3. The van der Waals surface area contributed by atoms with Crippen LogP contribution in [0.5, 0.6) is 0 Å². The molecule has 0 aliphatic carbocycles.